The Morgan fingerprint density at radius 2 is 2.05 bits per heavy atom. The minimum atomic E-state index is -0.157. The highest BCUT2D eigenvalue weighted by atomic mass is 16.1. The zero-order chi connectivity index (χ0) is 13.7. The second-order valence-electron chi connectivity index (χ2n) is 3.53. The van der Waals surface area contributed by atoms with Crippen LogP contribution in [0.15, 0.2) is 18.7 Å². The van der Waals surface area contributed by atoms with E-state index in [4.69, 9.17) is 0 Å². The summed E-state index contributed by atoms with van der Waals surface area (Å²) < 4.78 is 1.65. The number of anilines is 2. The molecule has 0 aliphatic rings. The predicted octanol–water partition coefficient (Wildman–Crippen LogP) is -0.743. The van der Waals surface area contributed by atoms with Crippen molar-refractivity contribution in [3.63, 3.8) is 0 Å². The first-order chi connectivity index (χ1) is 9.22. The summed E-state index contributed by atoms with van der Waals surface area (Å²) in [6.45, 7) is 0.0903. The fourth-order valence-corrected chi connectivity index (χ4v) is 1.30. The lowest BCUT2D eigenvalue weighted by Gasteiger charge is -2.08. The van der Waals surface area contributed by atoms with Crippen LogP contribution in [0.1, 0.15) is 0 Å². The maximum Gasteiger partial charge on any atom is 0.241 e. The van der Waals surface area contributed by atoms with Crippen molar-refractivity contribution in [2.45, 2.75) is 0 Å². The summed E-state index contributed by atoms with van der Waals surface area (Å²) in [6, 6.07) is 0. The molecule has 1 amide bonds. The van der Waals surface area contributed by atoms with Gasteiger partial charge in [-0.2, -0.15) is 15.0 Å². The van der Waals surface area contributed by atoms with Gasteiger partial charge in [-0.15, -0.1) is 0 Å². The van der Waals surface area contributed by atoms with Crippen LogP contribution in [0.25, 0.3) is 5.95 Å². The minimum Gasteiger partial charge on any atom is -0.358 e. The van der Waals surface area contributed by atoms with Crippen LogP contribution < -0.4 is 16.0 Å². The summed E-state index contributed by atoms with van der Waals surface area (Å²) in [5.41, 5.74) is 0. The van der Waals surface area contributed by atoms with E-state index in [2.05, 4.69) is 35.9 Å². The van der Waals surface area contributed by atoms with E-state index in [0.717, 1.165) is 0 Å². The topological polar surface area (TPSA) is 110 Å². The van der Waals surface area contributed by atoms with Crippen molar-refractivity contribution in [3.05, 3.63) is 18.7 Å². The van der Waals surface area contributed by atoms with Crippen LogP contribution in [-0.2, 0) is 4.79 Å². The predicted molar refractivity (Wildman–Crippen MR) is 69.1 cm³/mol. The van der Waals surface area contributed by atoms with Gasteiger partial charge in [-0.05, 0) is 0 Å². The second kappa shape index (κ2) is 5.76. The number of aromatic nitrogens is 5. The number of rotatable bonds is 5. The van der Waals surface area contributed by atoms with Crippen molar-refractivity contribution in [3.8, 4) is 5.95 Å². The first-order valence-corrected chi connectivity index (χ1v) is 5.59. The van der Waals surface area contributed by atoms with Gasteiger partial charge in [-0.25, -0.2) is 4.98 Å². The van der Waals surface area contributed by atoms with Crippen LogP contribution >= 0.6 is 0 Å². The smallest absolute Gasteiger partial charge is 0.241 e. The molecule has 9 heteroatoms. The zero-order valence-corrected chi connectivity index (χ0v) is 10.6. The molecule has 0 aromatic carbocycles. The van der Waals surface area contributed by atoms with Crippen LogP contribution in [0, 0.1) is 0 Å². The van der Waals surface area contributed by atoms with Crippen molar-refractivity contribution in [2.24, 2.45) is 0 Å². The molecule has 0 unspecified atom stereocenters. The lowest BCUT2D eigenvalue weighted by molar-refractivity contribution is -0.118. The molecule has 0 spiro atoms. The van der Waals surface area contributed by atoms with Gasteiger partial charge in [-0.3, -0.25) is 9.36 Å². The Hall–Kier alpha value is -2.71. The summed E-state index contributed by atoms with van der Waals surface area (Å²) in [4.78, 5) is 27.6. The fourth-order valence-electron chi connectivity index (χ4n) is 1.30. The molecule has 0 atom stereocenters. The van der Waals surface area contributed by atoms with Crippen molar-refractivity contribution >= 4 is 17.8 Å². The Balaban J connectivity index is 2.23. The Morgan fingerprint density at radius 3 is 2.68 bits per heavy atom. The Morgan fingerprint density at radius 1 is 1.26 bits per heavy atom. The first kappa shape index (κ1) is 12.7. The van der Waals surface area contributed by atoms with Crippen LogP contribution in [0.4, 0.5) is 11.9 Å². The van der Waals surface area contributed by atoms with Gasteiger partial charge < -0.3 is 16.0 Å². The van der Waals surface area contributed by atoms with Crippen molar-refractivity contribution in [1.82, 2.24) is 29.8 Å². The molecule has 0 fully saturated rings. The average Bonchev–Trinajstić information content (AvgIpc) is 2.98. The number of imidazole rings is 1. The first-order valence-electron chi connectivity index (χ1n) is 5.59. The van der Waals surface area contributed by atoms with Gasteiger partial charge in [0.1, 0.15) is 6.33 Å². The SMILES string of the molecule is CNC(=O)CNc1nc(NC)nc(-n2ccnc2)n1. The van der Waals surface area contributed by atoms with Gasteiger partial charge in [0.05, 0.1) is 6.54 Å². The molecule has 0 saturated heterocycles. The van der Waals surface area contributed by atoms with Gasteiger partial charge in [0.2, 0.25) is 23.8 Å². The molecule has 0 aliphatic heterocycles. The van der Waals surface area contributed by atoms with Gasteiger partial charge in [0.15, 0.2) is 0 Å². The van der Waals surface area contributed by atoms with Gasteiger partial charge in [-0.1, -0.05) is 0 Å². The molecule has 0 radical (unpaired) electrons. The number of hydrogen-bond donors (Lipinski definition) is 3. The molecule has 0 aliphatic carbocycles. The van der Waals surface area contributed by atoms with Gasteiger partial charge in [0, 0.05) is 26.5 Å². The lowest BCUT2D eigenvalue weighted by atomic mass is 10.6. The number of nitrogens with one attached hydrogen (secondary N) is 3. The summed E-state index contributed by atoms with van der Waals surface area (Å²) >= 11 is 0. The van der Waals surface area contributed by atoms with Crippen LogP contribution in [0.5, 0.6) is 0 Å². The van der Waals surface area contributed by atoms with Crippen molar-refractivity contribution in [2.75, 3.05) is 31.3 Å². The normalized spacial score (nSPS) is 10.0. The largest absolute Gasteiger partial charge is 0.358 e. The molecule has 9 nitrogen and oxygen atoms in total. The number of carbonyl (C=O) groups excluding carboxylic acids is 1. The third kappa shape index (κ3) is 3.15. The molecule has 19 heavy (non-hydrogen) atoms. The number of amides is 1. The molecular formula is C10H14N8O. The highest BCUT2D eigenvalue weighted by Crippen LogP contribution is 2.08. The van der Waals surface area contributed by atoms with E-state index in [0.29, 0.717) is 17.8 Å². The van der Waals surface area contributed by atoms with Crippen molar-refractivity contribution < 1.29 is 4.79 Å². The van der Waals surface area contributed by atoms with Crippen LogP contribution in [0.3, 0.4) is 0 Å². The van der Waals surface area contributed by atoms with E-state index < -0.39 is 0 Å². The molecule has 100 valence electrons. The minimum absolute atomic E-state index is 0.0903. The molecule has 2 rings (SSSR count). The summed E-state index contributed by atoms with van der Waals surface area (Å²) in [6.07, 6.45) is 4.93. The Kier molecular flexibility index (Phi) is 3.86. The van der Waals surface area contributed by atoms with Gasteiger partial charge >= 0.3 is 0 Å². The maximum atomic E-state index is 11.2. The van der Waals surface area contributed by atoms with Crippen LogP contribution in [-0.4, -0.2) is 51.1 Å². The van der Waals surface area contributed by atoms with E-state index in [9.17, 15) is 4.79 Å². The molecular weight excluding hydrogens is 248 g/mol. The number of hydrogen-bond acceptors (Lipinski definition) is 7. The Bertz CT molecular complexity index is 553. The molecule has 0 bridgehead atoms. The molecule has 2 aromatic rings. The maximum absolute atomic E-state index is 11.2. The highest BCUT2D eigenvalue weighted by Gasteiger charge is 2.07. The molecule has 3 N–H and O–H groups in total. The van der Waals surface area contributed by atoms with Crippen molar-refractivity contribution in [1.29, 1.82) is 0 Å². The average molecular weight is 262 g/mol. The monoisotopic (exact) mass is 262 g/mol. The third-order valence-corrected chi connectivity index (χ3v) is 2.27. The number of carbonyl (C=O) groups is 1. The fraction of sp³-hybridized carbons (Fsp3) is 0.300. The number of nitrogens with zero attached hydrogens (tertiary/aromatic N) is 5. The zero-order valence-electron chi connectivity index (χ0n) is 10.6. The second-order valence-corrected chi connectivity index (χ2v) is 3.53. The van der Waals surface area contributed by atoms with E-state index in [-0.39, 0.29) is 12.5 Å². The third-order valence-electron chi connectivity index (χ3n) is 2.27. The standard InChI is InChI=1S/C10H14N8O/c1-11-7(19)5-14-9-15-8(12-2)16-10(17-9)18-4-3-13-6-18/h3-4,6H,5H2,1-2H3,(H,11,19)(H2,12,14,15,16,17). The lowest BCUT2D eigenvalue weighted by Crippen LogP contribution is -2.27. The molecule has 2 aromatic heterocycles. The summed E-state index contributed by atoms with van der Waals surface area (Å²) in [5.74, 6) is 0.969. The number of likely N-dealkylation sites (N-methyl/N-ethyl adjacent to an activating group) is 1. The van der Waals surface area contributed by atoms with E-state index in [1.165, 1.54) is 0 Å². The van der Waals surface area contributed by atoms with E-state index in [1.54, 1.807) is 37.4 Å². The summed E-state index contributed by atoms with van der Waals surface area (Å²) in [7, 11) is 3.27. The van der Waals surface area contributed by atoms with E-state index >= 15 is 0 Å². The molecule has 0 saturated carbocycles. The Labute approximate surface area is 109 Å². The highest BCUT2D eigenvalue weighted by molar-refractivity contribution is 5.79. The van der Waals surface area contributed by atoms with E-state index in [1.807, 2.05) is 0 Å². The quantitative estimate of drug-likeness (QED) is 0.650. The molecule has 2 heterocycles. The summed E-state index contributed by atoms with van der Waals surface area (Å²) in [5, 5.41) is 8.16. The van der Waals surface area contributed by atoms with Crippen LogP contribution in [0.2, 0.25) is 0 Å². The van der Waals surface area contributed by atoms with Gasteiger partial charge in [0.25, 0.3) is 0 Å².